The molecule has 0 bridgehead atoms. The second-order valence-electron chi connectivity index (χ2n) is 5.08. The van der Waals surface area contributed by atoms with E-state index in [9.17, 15) is 9.59 Å². The predicted molar refractivity (Wildman–Crippen MR) is 95.3 cm³/mol. The van der Waals surface area contributed by atoms with Crippen LogP contribution in [-0.4, -0.2) is 18.9 Å². The number of amides is 2. The van der Waals surface area contributed by atoms with Crippen molar-refractivity contribution in [3.8, 4) is 5.75 Å². The van der Waals surface area contributed by atoms with E-state index in [0.29, 0.717) is 28.6 Å². The number of para-hydroxylation sites is 2. The van der Waals surface area contributed by atoms with Gasteiger partial charge in [-0.2, -0.15) is 0 Å². The number of rotatable bonds is 6. The molecule has 2 amide bonds. The van der Waals surface area contributed by atoms with Crippen LogP contribution in [-0.2, 0) is 6.54 Å². The average Bonchev–Trinajstić information content (AvgIpc) is 3.32. The second kappa shape index (κ2) is 7.67. The lowest BCUT2D eigenvalue weighted by Crippen LogP contribution is -2.28. The van der Waals surface area contributed by atoms with E-state index in [2.05, 4.69) is 10.6 Å². The topological polar surface area (TPSA) is 80.6 Å². The molecule has 0 fully saturated rings. The number of nitrogens with one attached hydrogen (secondary N) is 2. The summed E-state index contributed by atoms with van der Waals surface area (Å²) in [7, 11) is 1.54. The number of carbonyl (C=O) groups is 2. The molecule has 128 valence electrons. The Morgan fingerprint density at radius 1 is 1.12 bits per heavy atom. The first-order valence-electron chi connectivity index (χ1n) is 7.52. The van der Waals surface area contributed by atoms with E-state index in [-0.39, 0.29) is 11.8 Å². The maximum absolute atomic E-state index is 12.2. The lowest BCUT2D eigenvalue weighted by molar-refractivity contribution is 0.101. The van der Waals surface area contributed by atoms with Crippen molar-refractivity contribution in [1.29, 1.82) is 0 Å². The van der Waals surface area contributed by atoms with Gasteiger partial charge in [-0.3, -0.25) is 4.79 Å². The Morgan fingerprint density at radius 2 is 1.96 bits per heavy atom. The van der Waals surface area contributed by atoms with E-state index in [1.54, 1.807) is 37.4 Å². The quantitative estimate of drug-likeness (QED) is 0.656. The largest absolute Gasteiger partial charge is 0.495 e. The van der Waals surface area contributed by atoms with Crippen LogP contribution in [0, 0.1) is 0 Å². The second-order valence-corrected chi connectivity index (χ2v) is 6.25. The highest BCUT2D eigenvalue weighted by Gasteiger charge is 2.14. The van der Waals surface area contributed by atoms with Crippen LogP contribution in [0.2, 0.25) is 0 Å². The number of benzene rings is 1. The van der Waals surface area contributed by atoms with Gasteiger partial charge < -0.3 is 19.8 Å². The van der Waals surface area contributed by atoms with Crippen molar-refractivity contribution in [2.45, 2.75) is 6.54 Å². The Bertz CT molecular complexity index is 871. The van der Waals surface area contributed by atoms with Gasteiger partial charge in [-0.15, -0.1) is 11.3 Å². The van der Waals surface area contributed by atoms with Gasteiger partial charge in [0.2, 0.25) is 5.78 Å². The fourth-order valence-corrected chi connectivity index (χ4v) is 3.10. The smallest absolute Gasteiger partial charge is 0.319 e. The van der Waals surface area contributed by atoms with Crippen LogP contribution >= 0.6 is 11.3 Å². The van der Waals surface area contributed by atoms with Crippen LogP contribution in [0.1, 0.15) is 20.3 Å². The Hall–Kier alpha value is -3.06. The molecule has 0 aliphatic heterocycles. The minimum atomic E-state index is -0.350. The first-order chi connectivity index (χ1) is 12.2. The number of carbonyl (C=O) groups excluding carboxylic acids is 2. The van der Waals surface area contributed by atoms with E-state index in [1.807, 2.05) is 18.2 Å². The summed E-state index contributed by atoms with van der Waals surface area (Å²) < 4.78 is 10.3. The zero-order chi connectivity index (χ0) is 17.6. The SMILES string of the molecule is COc1ccccc1NC(=O)NCc1ccc(C(=O)c2ccco2)s1. The maximum atomic E-state index is 12.2. The van der Waals surface area contributed by atoms with Crippen molar-refractivity contribution in [2.75, 3.05) is 12.4 Å². The summed E-state index contributed by atoms with van der Waals surface area (Å²) in [6.45, 7) is 0.317. The molecule has 25 heavy (non-hydrogen) atoms. The Balaban J connectivity index is 1.57. The van der Waals surface area contributed by atoms with E-state index >= 15 is 0 Å². The van der Waals surface area contributed by atoms with Crippen LogP contribution in [0.3, 0.4) is 0 Å². The van der Waals surface area contributed by atoms with Gasteiger partial charge in [-0.1, -0.05) is 12.1 Å². The number of thiophene rings is 1. The van der Waals surface area contributed by atoms with Crippen molar-refractivity contribution in [3.63, 3.8) is 0 Å². The molecule has 7 heteroatoms. The van der Waals surface area contributed by atoms with Crippen molar-refractivity contribution in [1.82, 2.24) is 5.32 Å². The standard InChI is InChI=1S/C18H16N2O4S/c1-23-14-6-3-2-5-13(14)20-18(22)19-11-12-8-9-16(25-12)17(21)15-7-4-10-24-15/h2-10H,11H2,1H3,(H2,19,20,22). The molecule has 0 atom stereocenters. The molecule has 1 aromatic carbocycles. The lowest BCUT2D eigenvalue weighted by atomic mass is 10.2. The van der Waals surface area contributed by atoms with Gasteiger partial charge in [0, 0.05) is 4.88 Å². The van der Waals surface area contributed by atoms with E-state index < -0.39 is 0 Å². The lowest BCUT2D eigenvalue weighted by Gasteiger charge is -2.10. The third-order valence-electron chi connectivity index (χ3n) is 3.41. The molecule has 0 radical (unpaired) electrons. The number of urea groups is 1. The highest BCUT2D eigenvalue weighted by atomic mass is 32.1. The van der Waals surface area contributed by atoms with Crippen molar-refractivity contribution >= 4 is 28.8 Å². The molecule has 6 nitrogen and oxygen atoms in total. The van der Waals surface area contributed by atoms with Crippen LogP contribution in [0.25, 0.3) is 0 Å². The molecule has 0 saturated heterocycles. The molecular formula is C18H16N2O4S. The Labute approximate surface area is 148 Å². The molecule has 2 aromatic heterocycles. The molecule has 2 heterocycles. The molecule has 0 spiro atoms. The molecule has 0 aliphatic carbocycles. The summed E-state index contributed by atoms with van der Waals surface area (Å²) in [6.07, 6.45) is 1.46. The molecule has 3 aromatic rings. The number of ether oxygens (including phenoxy) is 1. The van der Waals surface area contributed by atoms with Gasteiger partial charge in [0.1, 0.15) is 5.75 Å². The Morgan fingerprint density at radius 3 is 2.72 bits per heavy atom. The summed E-state index contributed by atoms with van der Waals surface area (Å²) in [5.74, 6) is 0.718. The van der Waals surface area contributed by atoms with Gasteiger partial charge in [-0.25, -0.2) is 4.79 Å². The first kappa shape index (κ1) is 16.8. The van der Waals surface area contributed by atoms with E-state index in [1.165, 1.54) is 17.6 Å². The minimum Gasteiger partial charge on any atom is -0.495 e. The number of furan rings is 1. The number of hydrogen-bond donors (Lipinski definition) is 2. The fourth-order valence-electron chi connectivity index (χ4n) is 2.21. The summed E-state index contributed by atoms with van der Waals surface area (Å²) in [4.78, 5) is 25.6. The molecule has 3 rings (SSSR count). The van der Waals surface area contributed by atoms with Gasteiger partial charge in [0.25, 0.3) is 0 Å². The fraction of sp³-hybridized carbons (Fsp3) is 0.111. The van der Waals surface area contributed by atoms with Crippen LogP contribution in [0.15, 0.2) is 59.2 Å². The summed E-state index contributed by atoms with van der Waals surface area (Å²) in [5.41, 5.74) is 0.586. The number of hydrogen-bond acceptors (Lipinski definition) is 5. The van der Waals surface area contributed by atoms with Crippen LogP contribution in [0.5, 0.6) is 5.75 Å². The third-order valence-corrected chi connectivity index (χ3v) is 4.49. The Kier molecular flexibility index (Phi) is 5.15. The zero-order valence-electron chi connectivity index (χ0n) is 13.4. The zero-order valence-corrected chi connectivity index (χ0v) is 14.3. The maximum Gasteiger partial charge on any atom is 0.319 e. The summed E-state index contributed by atoms with van der Waals surface area (Å²) >= 11 is 1.32. The van der Waals surface area contributed by atoms with Crippen LogP contribution < -0.4 is 15.4 Å². The normalized spacial score (nSPS) is 10.3. The van der Waals surface area contributed by atoms with Gasteiger partial charge in [0.15, 0.2) is 5.76 Å². The molecular weight excluding hydrogens is 340 g/mol. The number of ketones is 1. The highest BCUT2D eigenvalue weighted by Crippen LogP contribution is 2.23. The van der Waals surface area contributed by atoms with E-state index in [4.69, 9.17) is 9.15 Å². The number of anilines is 1. The first-order valence-corrected chi connectivity index (χ1v) is 8.34. The predicted octanol–water partition coefficient (Wildman–Crippen LogP) is 3.90. The van der Waals surface area contributed by atoms with Gasteiger partial charge in [-0.05, 0) is 36.4 Å². The minimum absolute atomic E-state index is 0.167. The van der Waals surface area contributed by atoms with Crippen molar-refractivity contribution < 1.29 is 18.7 Å². The highest BCUT2D eigenvalue weighted by molar-refractivity contribution is 7.14. The van der Waals surface area contributed by atoms with E-state index in [0.717, 1.165) is 4.88 Å². The van der Waals surface area contributed by atoms with Crippen LogP contribution in [0.4, 0.5) is 10.5 Å². The van der Waals surface area contributed by atoms with Crippen molar-refractivity contribution in [2.24, 2.45) is 0 Å². The molecule has 0 aliphatic rings. The summed E-state index contributed by atoms with van der Waals surface area (Å²) in [5, 5.41) is 5.49. The number of methoxy groups -OCH3 is 1. The van der Waals surface area contributed by atoms with Gasteiger partial charge in [0.05, 0.1) is 30.5 Å². The van der Waals surface area contributed by atoms with Crippen molar-refractivity contribution in [3.05, 3.63) is 70.3 Å². The van der Waals surface area contributed by atoms with Gasteiger partial charge >= 0.3 is 6.03 Å². The molecule has 2 N–H and O–H groups in total. The summed E-state index contributed by atoms with van der Waals surface area (Å²) in [6, 6.07) is 13.6. The monoisotopic (exact) mass is 356 g/mol. The third kappa shape index (κ3) is 4.07. The molecule has 0 unspecified atom stereocenters. The molecule has 0 saturated carbocycles. The average molecular weight is 356 g/mol.